The van der Waals surface area contributed by atoms with Gasteiger partial charge in [-0.25, -0.2) is 9.18 Å². The number of hydrogen-bond acceptors (Lipinski definition) is 6. The number of piperazine rings is 1. The molecule has 0 saturated carbocycles. The number of amides is 3. The van der Waals surface area contributed by atoms with Gasteiger partial charge < -0.3 is 29.3 Å². The molecule has 1 saturated heterocycles. The van der Waals surface area contributed by atoms with Crippen LogP contribution in [0, 0.1) is 5.82 Å². The quantitative estimate of drug-likeness (QED) is 0.422. The zero-order valence-electron chi connectivity index (χ0n) is 22.8. The summed E-state index contributed by atoms with van der Waals surface area (Å²) in [5, 5.41) is 2.97. The molecule has 208 valence electrons. The minimum Gasteiger partial charge on any atom is -0.493 e. The van der Waals surface area contributed by atoms with E-state index in [4.69, 9.17) is 14.2 Å². The van der Waals surface area contributed by atoms with E-state index in [1.807, 2.05) is 4.90 Å². The molecule has 0 atom stereocenters. The molecule has 38 heavy (non-hydrogen) atoms. The summed E-state index contributed by atoms with van der Waals surface area (Å²) in [5.41, 5.74) is 1.22. The van der Waals surface area contributed by atoms with Crippen LogP contribution in [0.3, 0.4) is 0 Å². The Kier molecular flexibility index (Phi) is 11.0. The van der Waals surface area contributed by atoms with Crippen LogP contribution in [0.15, 0.2) is 36.4 Å². The normalized spacial score (nSPS) is 13.7. The maximum absolute atomic E-state index is 13.7. The lowest BCUT2D eigenvalue weighted by molar-refractivity contribution is 0.0702. The lowest BCUT2D eigenvalue weighted by Gasteiger charge is -2.36. The predicted molar refractivity (Wildman–Crippen MR) is 144 cm³/mol. The number of methoxy groups -OCH3 is 3. The number of carbonyl (C=O) groups is 2. The first-order valence-corrected chi connectivity index (χ1v) is 13.0. The number of nitrogens with one attached hydrogen (secondary N) is 1. The maximum atomic E-state index is 13.7. The van der Waals surface area contributed by atoms with Crippen LogP contribution in [0.1, 0.15) is 35.7 Å². The van der Waals surface area contributed by atoms with E-state index in [2.05, 4.69) is 17.1 Å². The van der Waals surface area contributed by atoms with Gasteiger partial charge in [-0.15, -0.1) is 0 Å². The molecule has 0 aliphatic carbocycles. The molecule has 1 heterocycles. The molecule has 0 spiro atoms. The molecular weight excluding hydrogens is 491 g/mol. The smallest absolute Gasteiger partial charge is 0.317 e. The Labute approximate surface area is 224 Å². The largest absolute Gasteiger partial charge is 0.493 e. The van der Waals surface area contributed by atoms with Crippen LogP contribution in [0.5, 0.6) is 17.2 Å². The summed E-state index contributed by atoms with van der Waals surface area (Å²) < 4.78 is 29.7. The summed E-state index contributed by atoms with van der Waals surface area (Å²) in [4.78, 5) is 31.9. The number of benzene rings is 2. The lowest BCUT2D eigenvalue weighted by Crippen LogP contribution is -2.53. The highest BCUT2D eigenvalue weighted by molar-refractivity contribution is 5.95. The van der Waals surface area contributed by atoms with E-state index in [1.54, 1.807) is 29.2 Å². The molecule has 1 N–H and O–H groups in total. The maximum Gasteiger partial charge on any atom is 0.317 e. The van der Waals surface area contributed by atoms with Crippen molar-refractivity contribution in [2.75, 3.05) is 67.1 Å². The van der Waals surface area contributed by atoms with E-state index >= 15 is 0 Å². The van der Waals surface area contributed by atoms with Gasteiger partial charge in [0.15, 0.2) is 11.5 Å². The third kappa shape index (κ3) is 7.74. The zero-order valence-corrected chi connectivity index (χ0v) is 22.8. The van der Waals surface area contributed by atoms with Crippen molar-refractivity contribution in [2.24, 2.45) is 0 Å². The van der Waals surface area contributed by atoms with Crippen molar-refractivity contribution in [3.63, 3.8) is 0 Å². The lowest BCUT2D eigenvalue weighted by atomic mass is 10.1. The molecule has 0 radical (unpaired) electrons. The first-order chi connectivity index (χ1) is 18.4. The topological polar surface area (TPSA) is 83.6 Å². The fraction of sp³-hybridized carbons (Fsp3) is 0.500. The van der Waals surface area contributed by atoms with Crippen LogP contribution in [-0.2, 0) is 6.54 Å². The van der Waals surface area contributed by atoms with E-state index in [1.165, 1.54) is 33.5 Å². The van der Waals surface area contributed by atoms with Crippen molar-refractivity contribution in [3.05, 3.63) is 53.3 Å². The van der Waals surface area contributed by atoms with E-state index in [0.717, 1.165) is 31.5 Å². The average Bonchev–Trinajstić information content (AvgIpc) is 2.95. The van der Waals surface area contributed by atoms with Gasteiger partial charge in [0.2, 0.25) is 5.75 Å². The van der Waals surface area contributed by atoms with Gasteiger partial charge in [-0.05, 0) is 36.2 Å². The minimum atomic E-state index is -0.326. The number of rotatable bonds is 12. The van der Waals surface area contributed by atoms with Crippen molar-refractivity contribution in [2.45, 2.75) is 26.3 Å². The summed E-state index contributed by atoms with van der Waals surface area (Å²) in [5.74, 6) is 0.666. The van der Waals surface area contributed by atoms with E-state index in [0.29, 0.717) is 62.1 Å². The standard InChI is InChI=1S/C28H39FN4O5/c1-5-6-11-30-28(35)32-15-12-31(13-16-32)14-17-33(20-21-7-9-23(29)10-8-21)27(34)22-18-24(36-2)26(38-4)25(19-22)37-3/h7-10,18-19H,5-6,11-17,20H2,1-4H3,(H,30,35). The number of carbonyl (C=O) groups excluding carboxylic acids is 2. The van der Waals surface area contributed by atoms with Crippen molar-refractivity contribution in [1.82, 2.24) is 20.0 Å². The van der Waals surface area contributed by atoms with Crippen LogP contribution in [-0.4, -0.2) is 93.8 Å². The molecule has 2 aromatic rings. The van der Waals surface area contributed by atoms with Gasteiger partial charge in [0.25, 0.3) is 5.91 Å². The van der Waals surface area contributed by atoms with Gasteiger partial charge >= 0.3 is 6.03 Å². The van der Waals surface area contributed by atoms with Gasteiger partial charge in [0.05, 0.1) is 21.3 Å². The van der Waals surface area contributed by atoms with Crippen LogP contribution >= 0.6 is 0 Å². The number of hydrogen-bond donors (Lipinski definition) is 1. The number of nitrogens with zero attached hydrogens (tertiary/aromatic N) is 3. The number of halogens is 1. The Hall–Kier alpha value is -3.53. The van der Waals surface area contributed by atoms with Crippen LogP contribution in [0.2, 0.25) is 0 Å². The van der Waals surface area contributed by atoms with Crippen molar-refractivity contribution in [1.29, 1.82) is 0 Å². The SMILES string of the molecule is CCCCNC(=O)N1CCN(CCN(Cc2ccc(F)cc2)C(=O)c2cc(OC)c(OC)c(OC)c2)CC1. The van der Waals surface area contributed by atoms with Crippen LogP contribution in [0.25, 0.3) is 0 Å². The third-order valence-corrected chi connectivity index (χ3v) is 6.64. The first kappa shape index (κ1) is 29.0. The van der Waals surface area contributed by atoms with Gasteiger partial charge in [0, 0.05) is 57.9 Å². The van der Waals surface area contributed by atoms with Crippen molar-refractivity contribution in [3.8, 4) is 17.2 Å². The highest BCUT2D eigenvalue weighted by Gasteiger charge is 2.24. The fourth-order valence-electron chi connectivity index (χ4n) is 4.37. The second-order valence-electron chi connectivity index (χ2n) is 9.18. The molecule has 2 aromatic carbocycles. The number of unbranched alkanes of at least 4 members (excludes halogenated alkanes) is 1. The van der Waals surface area contributed by atoms with Crippen molar-refractivity contribution >= 4 is 11.9 Å². The molecular formula is C28H39FN4O5. The molecule has 1 aliphatic heterocycles. The molecule has 0 unspecified atom stereocenters. The Morgan fingerprint density at radius 1 is 0.974 bits per heavy atom. The second-order valence-corrected chi connectivity index (χ2v) is 9.18. The summed E-state index contributed by atoms with van der Waals surface area (Å²) in [7, 11) is 4.52. The summed E-state index contributed by atoms with van der Waals surface area (Å²) in [6, 6.07) is 9.40. The van der Waals surface area contributed by atoms with E-state index < -0.39 is 0 Å². The monoisotopic (exact) mass is 530 g/mol. The Morgan fingerprint density at radius 3 is 2.16 bits per heavy atom. The summed E-state index contributed by atoms with van der Waals surface area (Å²) >= 11 is 0. The van der Waals surface area contributed by atoms with E-state index in [9.17, 15) is 14.0 Å². The van der Waals surface area contributed by atoms with Gasteiger partial charge in [-0.2, -0.15) is 0 Å². The Balaban J connectivity index is 1.71. The number of ether oxygens (including phenoxy) is 3. The fourth-order valence-corrected chi connectivity index (χ4v) is 4.37. The highest BCUT2D eigenvalue weighted by Crippen LogP contribution is 2.38. The molecule has 3 amide bonds. The molecule has 10 heteroatoms. The van der Waals surface area contributed by atoms with Crippen LogP contribution < -0.4 is 19.5 Å². The molecule has 0 aromatic heterocycles. The minimum absolute atomic E-state index is 0.0198. The predicted octanol–water partition coefficient (Wildman–Crippen LogP) is 3.62. The third-order valence-electron chi connectivity index (χ3n) is 6.64. The number of urea groups is 1. The van der Waals surface area contributed by atoms with Gasteiger partial charge in [-0.1, -0.05) is 25.5 Å². The van der Waals surface area contributed by atoms with Crippen molar-refractivity contribution < 1.29 is 28.2 Å². The van der Waals surface area contributed by atoms with E-state index in [-0.39, 0.29) is 17.8 Å². The molecule has 1 aliphatic rings. The molecule has 1 fully saturated rings. The summed E-state index contributed by atoms with van der Waals surface area (Å²) in [6.45, 7) is 6.92. The molecule has 3 rings (SSSR count). The summed E-state index contributed by atoms with van der Waals surface area (Å²) in [6.07, 6.45) is 2.01. The molecule has 9 nitrogen and oxygen atoms in total. The average molecular weight is 531 g/mol. The Bertz CT molecular complexity index is 1030. The zero-order chi connectivity index (χ0) is 27.5. The van der Waals surface area contributed by atoms with Gasteiger partial charge in [-0.3, -0.25) is 9.69 Å². The van der Waals surface area contributed by atoms with Crippen LogP contribution in [0.4, 0.5) is 9.18 Å². The Morgan fingerprint density at radius 2 is 1.61 bits per heavy atom. The first-order valence-electron chi connectivity index (χ1n) is 13.0. The highest BCUT2D eigenvalue weighted by atomic mass is 19.1. The van der Waals surface area contributed by atoms with Gasteiger partial charge in [0.1, 0.15) is 5.82 Å². The second kappa shape index (κ2) is 14.4. The molecule has 0 bridgehead atoms.